The number of aryl methyl sites for hydroxylation is 2. The molecular weight excluding hydrogens is 368 g/mol. The van der Waals surface area contributed by atoms with E-state index in [1.165, 1.54) is 28.8 Å². The van der Waals surface area contributed by atoms with Gasteiger partial charge in [0, 0.05) is 39.1 Å². The number of carbonyl (C=O) groups is 3. The summed E-state index contributed by atoms with van der Waals surface area (Å²) in [5.74, 6) is -2.44. The number of hydrogen-bond donors (Lipinski definition) is 3. The van der Waals surface area contributed by atoms with Gasteiger partial charge >= 0.3 is 5.97 Å². The summed E-state index contributed by atoms with van der Waals surface area (Å²) in [5.41, 5.74) is -0.233. The highest BCUT2D eigenvalue weighted by molar-refractivity contribution is 6.12. The van der Waals surface area contributed by atoms with Gasteiger partial charge in [0.05, 0.1) is 17.4 Å². The minimum absolute atomic E-state index is 0.0243. The molecular formula is C17H22N6O5. The number of aromatic nitrogens is 4. The van der Waals surface area contributed by atoms with Crippen LogP contribution < -0.4 is 10.6 Å². The van der Waals surface area contributed by atoms with E-state index in [-0.39, 0.29) is 28.7 Å². The fourth-order valence-corrected chi connectivity index (χ4v) is 2.94. The van der Waals surface area contributed by atoms with Crippen molar-refractivity contribution in [3.63, 3.8) is 0 Å². The summed E-state index contributed by atoms with van der Waals surface area (Å²) in [6.07, 6.45) is 4.65. The maximum Gasteiger partial charge on any atom is 0.357 e. The molecule has 28 heavy (non-hydrogen) atoms. The largest absolute Gasteiger partial charge is 0.476 e. The van der Waals surface area contributed by atoms with Crippen molar-refractivity contribution < 1.29 is 24.2 Å². The van der Waals surface area contributed by atoms with E-state index in [1.807, 2.05) is 6.92 Å². The van der Waals surface area contributed by atoms with Crippen molar-refractivity contribution in [1.29, 1.82) is 0 Å². The fraction of sp³-hybridized carbons (Fsp3) is 0.471. The van der Waals surface area contributed by atoms with Crippen molar-refractivity contribution in [1.82, 2.24) is 24.9 Å². The molecule has 1 fully saturated rings. The summed E-state index contributed by atoms with van der Waals surface area (Å²) < 4.78 is 8.23. The number of hydrogen-bond acceptors (Lipinski definition) is 6. The maximum atomic E-state index is 12.6. The van der Waals surface area contributed by atoms with E-state index in [2.05, 4.69) is 20.8 Å². The van der Waals surface area contributed by atoms with Crippen molar-refractivity contribution in [3.05, 3.63) is 29.3 Å². The Balaban J connectivity index is 1.77. The van der Waals surface area contributed by atoms with Crippen LogP contribution in [0, 0.1) is 0 Å². The van der Waals surface area contributed by atoms with Crippen LogP contribution in [0.4, 0.5) is 5.69 Å². The van der Waals surface area contributed by atoms with E-state index in [4.69, 9.17) is 4.74 Å². The van der Waals surface area contributed by atoms with Gasteiger partial charge in [0.1, 0.15) is 0 Å². The van der Waals surface area contributed by atoms with Crippen molar-refractivity contribution in [2.24, 2.45) is 7.05 Å². The fourth-order valence-electron chi connectivity index (χ4n) is 2.94. The molecule has 0 saturated carbocycles. The van der Waals surface area contributed by atoms with E-state index in [9.17, 15) is 19.5 Å². The van der Waals surface area contributed by atoms with Crippen molar-refractivity contribution in [2.45, 2.75) is 32.4 Å². The lowest BCUT2D eigenvalue weighted by Gasteiger charge is -2.10. The quantitative estimate of drug-likeness (QED) is 0.625. The number of ether oxygens (including phenoxy) is 1. The number of nitrogens with one attached hydrogen (secondary N) is 2. The number of anilines is 1. The zero-order valence-corrected chi connectivity index (χ0v) is 15.6. The highest BCUT2D eigenvalue weighted by atomic mass is 16.5. The molecule has 1 aliphatic heterocycles. The number of carboxylic acid groups (broad SMARTS) is 1. The van der Waals surface area contributed by atoms with Gasteiger partial charge in [0.2, 0.25) is 0 Å². The van der Waals surface area contributed by atoms with Crippen LogP contribution >= 0.6 is 0 Å². The Morgan fingerprint density at radius 3 is 2.68 bits per heavy atom. The van der Waals surface area contributed by atoms with E-state index in [0.29, 0.717) is 19.7 Å². The third-order valence-corrected chi connectivity index (χ3v) is 4.34. The van der Waals surface area contributed by atoms with E-state index in [0.717, 1.165) is 12.8 Å². The average molecular weight is 390 g/mol. The number of aromatic carboxylic acids is 1. The summed E-state index contributed by atoms with van der Waals surface area (Å²) in [7, 11) is 1.52. The number of nitrogens with zero attached hydrogens (tertiary/aromatic N) is 4. The predicted molar refractivity (Wildman–Crippen MR) is 97.3 cm³/mol. The first-order valence-corrected chi connectivity index (χ1v) is 8.94. The molecule has 0 bridgehead atoms. The van der Waals surface area contributed by atoms with Crippen LogP contribution in [0.2, 0.25) is 0 Å². The van der Waals surface area contributed by atoms with E-state index >= 15 is 0 Å². The second-order valence-corrected chi connectivity index (χ2v) is 6.42. The summed E-state index contributed by atoms with van der Waals surface area (Å²) in [6.45, 7) is 3.38. The molecule has 2 amide bonds. The first-order valence-electron chi connectivity index (χ1n) is 8.94. The Morgan fingerprint density at radius 1 is 1.25 bits per heavy atom. The SMILES string of the molecule is CCn1cc(NC(=O)c2cn(C)nc2C(=O)O)c(C(=O)NCC2CCCO2)n1. The Labute approximate surface area is 160 Å². The van der Waals surface area contributed by atoms with Gasteiger partial charge in [-0.3, -0.25) is 19.0 Å². The van der Waals surface area contributed by atoms with Crippen LogP contribution in [-0.2, 0) is 18.3 Å². The van der Waals surface area contributed by atoms with Crippen molar-refractivity contribution >= 4 is 23.5 Å². The summed E-state index contributed by atoms with van der Waals surface area (Å²) in [5, 5.41) is 22.5. The first kappa shape index (κ1) is 19.5. The molecule has 3 heterocycles. The molecule has 150 valence electrons. The molecule has 1 aliphatic rings. The Kier molecular flexibility index (Phi) is 5.73. The summed E-state index contributed by atoms with van der Waals surface area (Å²) in [6, 6.07) is 0. The molecule has 11 nitrogen and oxygen atoms in total. The number of carboxylic acids is 1. The highest BCUT2D eigenvalue weighted by Gasteiger charge is 2.25. The van der Waals surface area contributed by atoms with Crippen LogP contribution in [0.25, 0.3) is 0 Å². The van der Waals surface area contributed by atoms with Gasteiger partial charge in [-0.15, -0.1) is 0 Å². The lowest BCUT2D eigenvalue weighted by atomic mass is 10.2. The molecule has 3 N–H and O–H groups in total. The second-order valence-electron chi connectivity index (χ2n) is 6.42. The zero-order chi connectivity index (χ0) is 20.3. The Bertz CT molecular complexity index is 896. The topological polar surface area (TPSA) is 140 Å². The molecule has 0 spiro atoms. The molecule has 1 unspecified atom stereocenters. The molecule has 0 aliphatic carbocycles. The van der Waals surface area contributed by atoms with Crippen LogP contribution in [0.3, 0.4) is 0 Å². The third-order valence-electron chi connectivity index (χ3n) is 4.34. The Hall–Kier alpha value is -3.21. The smallest absolute Gasteiger partial charge is 0.357 e. The average Bonchev–Trinajstić information content (AvgIpc) is 3.38. The van der Waals surface area contributed by atoms with Gasteiger partial charge in [0.25, 0.3) is 11.8 Å². The van der Waals surface area contributed by atoms with Crippen molar-refractivity contribution in [2.75, 3.05) is 18.5 Å². The van der Waals surface area contributed by atoms with Crippen LogP contribution in [0.1, 0.15) is 51.1 Å². The lowest BCUT2D eigenvalue weighted by molar-refractivity contribution is 0.0685. The molecule has 1 saturated heterocycles. The minimum Gasteiger partial charge on any atom is -0.476 e. The van der Waals surface area contributed by atoms with E-state index < -0.39 is 17.8 Å². The molecule has 0 aromatic carbocycles. The number of carbonyl (C=O) groups excluding carboxylic acids is 2. The summed E-state index contributed by atoms with van der Waals surface area (Å²) >= 11 is 0. The highest BCUT2D eigenvalue weighted by Crippen LogP contribution is 2.17. The molecule has 0 radical (unpaired) electrons. The lowest BCUT2D eigenvalue weighted by Crippen LogP contribution is -2.32. The zero-order valence-electron chi connectivity index (χ0n) is 15.6. The van der Waals surface area contributed by atoms with Crippen LogP contribution in [0.5, 0.6) is 0 Å². The first-order chi connectivity index (χ1) is 13.4. The monoisotopic (exact) mass is 390 g/mol. The van der Waals surface area contributed by atoms with E-state index in [1.54, 1.807) is 0 Å². The second kappa shape index (κ2) is 8.21. The normalized spacial score (nSPS) is 16.1. The maximum absolute atomic E-state index is 12.6. The predicted octanol–water partition coefficient (Wildman–Crippen LogP) is 0.496. The number of rotatable bonds is 7. The van der Waals surface area contributed by atoms with Crippen molar-refractivity contribution in [3.8, 4) is 0 Å². The molecule has 1 atom stereocenters. The number of amides is 2. The van der Waals surface area contributed by atoms with Gasteiger partial charge in [-0.2, -0.15) is 10.2 Å². The van der Waals surface area contributed by atoms with Crippen LogP contribution in [0.15, 0.2) is 12.4 Å². The van der Waals surface area contributed by atoms with Gasteiger partial charge in [-0.25, -0.2) is 4.79 Å². The standard InChI is InChI=1S/C17H22N6O5/c1-3-23-9-12(14(21-23)16(25)18-7-10-5-4-6-28-10)19-15(24)11-8-22(2)20-13(11)17(26)27/h8-10H,3-7H2,1-2H3,(H,18,25)(H,19,24)(H,26,27). The summed E-state index contributed by atoms with van der Waals surface area (Å²) in [4.78, 5) is 36.4. The van der Waals surface area contributed by atoms with Gasteiger partial charge in [-0.05, 0) is 19.8 Å². The molecule has 11 heteroatoms. The molecule has 3 rings (SSSR count). The Morgan fingerprint density at radius 2 is 2.04 bits per heavy atom. The molecule has 2 aromatic rings. The van der Waals surface area contributed by atoms with Gasteiger partial charge in [-0.1, -0.05) is 0 Å². The molecule has 2 aromatic heterocycles. The van der Waals surface area contributed by atoms with Gasteiger partial charge in [0.15, 0.2) is 11.4 Å². The third kappa shape index (κ3) is 4.19. The van der Waals surface area contributed by atoms with Gasteiger partial charge < -0.3 is 20.5 Å². The van der Waals surface area contributed by atoms with Crippen LogP contribution in [-0.4, -0.2) is 61.7 Å². The minimum atomic E-state index is -1.32.